The molecule has 1 rings (SSSR count). The lowest BCUT2D eigenvalue weighted by atomic mass is 9.46. The Bertz CT molecular complexity index is 487. The van der Waals surface area contributed by atoms with Crippen LogP contribution < -0.4 is 0 Å². The maximum absolute atomic E-state index is 13.3. The summed E-state index contributed by atoms with van der Waals surface area (Å²) >= 11 is 0. The van der Waals surface area contributed by atoms with Crippen molar-refractivity contribution in [2.45, 2.75) is 65.5 Å². The molecule has 0 aromatic heterocycles. The first-order chi connectivity index (χ1) is 10.4. The van der Waals surface area contributed by atoms with Crippen LogP contribution in [0.25, 0.3) is 0 Å². The Hall–Kier alpha value is -0.890. The van der Waals surface area contributed by atoms with Crippen LogP contribution in [0.5, 0.6) is 0 Å². The van der Waals surface area contributed by atoms with E-state index in [4.69, 9.17) is 0 Å². The molecular formula is C15H19F9. The zero-order valence-electron chi connectivity index (χ0n) is 13.6. The largest absolute Gasteiger partial charge is 0.413 e. The molecule has 1 unspecified atom stereocenters. The first-order valence-corrected chi connectivity index (χ1v) is 7.33. The Kier molecular flexibility index (Phi) is 5.14. The lowest BCUT2D eigenvalue weighted by molar-refractivity contribution is -0.284. The molecule has 0 aromatic carbocycles. The van der Waals surface area contributed by atoms with Crippen LogP contribution in [0.2, 0.25) is 0 Å². The van der Waals surface area contributed by atoms with Crippen LogP contribution in [0.1, 0.15) is 47.0 Å². The molecule has 0 bridgehead atoms. The average molecular weight is 370 g/mol. The fourth-order valence-corrected chi connectivity index (χ4v) is 3.91. The van der Waals surface area contributed by atoms with Gasteiger partial charge in [-0.3, -0.25) is 0 Å². The van der Waals surface area contributed by atoms with Crippen LogP contribution in [0.4, 0.5) is 39.5 Å². The van der Waals surface area contributed by atoms with Crippen molar-refractivity contribution in [3.05, 3.63) is 11.1 Å². The predicted octanol–water partition coefficient (Wildman–Crippen LogP) is 6.82. The van der Waals surface area contributed by atoms with E-state index in [0.717, 1.165) is 6.92 Å². The van der Waals surface area contributed by atoms with E-state index in [1.807, 2.05) is 0 Å². The van der Waals surface area contributed by atoms with Gasteiger partial charge in [0.2, 0.25) is 0 Å². The number of allylic oxidation sites excluding steroid dienone is 2. The maximum Gasteiger partial charge on any atom is 0.413 e. The second-order valence-corrected chi connectivity index (χ2v) is 6.87. The predicted molar refractivity (Wildman–Crippen MR) is 70.1 cm³/mol. The smallest absolute Gasteiger partial charge is 0.170 e. The summed E-state index contributed by atoms with van der Waals surface area (Å²) in [5, 5.41) is 0. The zero-order valence-corrected chi connectivity index (χ0v) is 13.6. The molecule has 0 N–H and O–H groups in total. The summed E-state index contributed by atoms with van der Waals surface area (Å²) in [7, 11) is 0. The minimum absolute atomic E-state index is 0.0356. The zero-order chi connectivity index (χ0) is 19.4. The summed E-state index contributed by atoms with van der Waals surface area (Å²) < 4.78 is 117. The Morgan fingerprint density at radius 2 is 1.29 bits per heavy atom. The molecule has 0 spiro atoms. The van der Waals surface area contributed by atoms with Crippen molar-refractivity contribution in [1.82, 2.24) is 0 Å². The Morgan fingerprint density at radius 3 is 1.46 bits per heavy atom. The molecule has 0 aromatic rings. The van der Waals surface area contributed by atoms with E-state index < -0.39 is 46.4 Å². The van der Waals surface area contributed by atoms with Crippen LogP contribution in [-0.2, 0) is 0 Å². The van der Waals surface area contributed by atoms with Gasteiger partial charge in [0.1, 0.15) is 0 Å². The molecular weight excluding hydrogens is 351 g/mol. The molecule has 1 aliphatic carbocycles. The molecule has 0 saturated heterocycles. The Balaban J connectivity index is 3.75. The summed E-state index contributed by atoms with van der Waals surface area (Å²) in [6.07, 6.45) is -17.3. The number of rotatable bonds is 3. The standard InChI is InChI=1S/C15H19F9/c1-5-12(7-6-11(12,3)4)8(2)9(13(16,17)18)10(14(19,20)21)15(22,23)24/h10H,5-7H2,1-4H3/b9-8-. The summed E-state index contributed by atoms with van der Waals surface area (Å²) in [4.78, 5) is 0. The minimum Gasteiger partial charge on any atom is -0.170 e. The van der Waals surface area contributed by atoms with Crippen molar-refractivity contribution in [2.24, 2.45) is 16.7 Å². The Morgan fingerprint density at radius 1 is 0.875 bits per heavy atom. The van der Waals surface area contributed by atoms with Crippen molar-refractivity contribution in [2.75, 3.05) is 0 Å². The molecule has 9 heteroatoms. The monoisotopic (exact) mass is 370 g/mol. The fourth-order valence-electron chi connectivity index (χ4n) is 3.91. The third-order valence-electron chi connectivity index (χ3n) is 5.45. The van der Waals surface area contributed by atoms with Gasteiger partial charge in [-0.2, -0.15) is 39.5 Å². The van der Waals surface area contributed by atoms with E-state index in [-0.39, 0.29) is 12.8 Å². The van der Waals surface area contributed by atoms with Crippen LogP contribution in [0.15, 0.2) is 11.1 Å². The van der Waals surface area contributed by atoms with Crippen molar-refractivity contribution in [3.63, 3.8) is 0 Å². The summed E-state index contributed by atoms with van der Waals surface area (Å²) in [5.74, 6) is -4.54. The number of halogens is 9. The van der Waals surface area contributed by atoms with E-state index in [9.17, 15) is 39.5 Å². The van der Waals surface area contributed by atoms with Gasteiger partial charge < -0.3 is 0 Å². The third kappa shape index (κ3) is 3.40. The quantitative estimate of drug-likeness (QED) is 0.378. The highest BCUT2D eigenvalue weighted by molar-refractivity contribution is 5.33. The van der Waals surface area contributed by atoms with Gasteiger partial charge >= 0.3 is 18.5 Å². The van der Waals surface area contributed by atoms with Crippen LogP contribution in [-0.4, -0.2) is 18.5 Å². The van der Waals surface area contributed by atoms with Crippen LogP contribution in [0, 0.1) is 16.7 Å². The topological polar surface area (TPSA) is 0 Å². The van der Waals surface area contributed by atoms with Gasteiger partial charge in [-0.05, 0) is 37.0 Å². The van der Waals surface area contributed by atoms with Gasteiger partial charge in [-0.15, -0.1) is 0 Å². The normalized spacial score (nSPS) is 26.2. The van der Waals surface area contributed by atoms with Gasteiger partial charge in [0, 0.05) is 0 Å². The van der Waals surface area contributed by atoms with Gasteiger partial charge in [0.25, 0.3) is 0 Å². The molecule has 0 heterocycles. The molecule has 1 atom stereocenters. The molecule has 1 fully saturated rings. The van der Waals surface area contributed by atoms with Gasteiger partial charge in [0.05, 0.1) is 5.57 Å². The van der Waals surface area contributed by atoms with Crippen molar-refractivity contribution >= 4 is 0 Å². The van der Waals surface area contributed by atoms with Crippen molar-refractivity contribution in [3.8, 4) is 0 Å². The average Bonchev–Trinajstić information content (AvgIpc) is 2.31. The molecule has 0 radical (unpaired) electrons. The fraction of sp³-hybridized carbons (Fsp3) is 0.867. The van der Waals surface area contributed by atoms with Crippen LogP contribution in [0.3, 0.4) is 0 Å². The minimum atomic E-state index is -6.08. The SMILES string of the molecule is CCC1(/C(C)=C(/C(C(F)(F)F)C(F)(F)F)C(F)(F)F)CCC1(C)C. The number of hydrogen-bond acceptors (Lipinski definition) is 0. The van der Waals surface area contributed by atoms with Gasteiger partial charge in [0.15, 0.2) is 5.92 Å². The maximum atomic E-state index is 13.3. The lowest BCUT2D eigenvalue weighted by Gasteiger charge is -2.58. The Labute approximate surface area is 134 Å². The van der Waals surface area contributed by atoms with E-state index >= 15 is 0 Å². The molecule has 0 nitrogen and oxygen atoms in total. The molecule has 24 heavy (non-hydrogen) atoms. The molecule has 1 saturated carbocycles. The highest BCUT2D eigenvalue weighted by atomic mass is 19.4. The first-order valence-electron chi connectivity index (χ1n) is 7.33. The molecule has 142 valence electrons. The van der Waals surface area contributed by atoms with Gasteiger partial charge in [-0.25, -0.2) is 0 Å². The van der Waals surface area contributed by atoms with E-state index in [0.29, 0.717) is 6.42 Å². The molecule has 0 aliphatic heterocycles. The van der Waals surface area contributed by atoms with Gasteiger partial charge in [-0.1, -0.05) is 26.3 Å². The summed E-state index contributed by atoms with van der Waals surface area (Å²) in [6, 6.07) is 0. The van der Waals surface area contributed by atoms with E-state index in [2.05, 4.69) is 0 Å². The lowest BCUT2D eigenvalue weighted by Crippen LogP contribution is -2.51. The first kappa shape index (κ1) is 21.2. The number of alkyl halides is 9. The van der Waals surface area contributed by atoms with E-state index in [1.165, 1.54) is 6.92 Å². The number of hydrogen-bond donors (Lipinski definition) is 0. The van der Waals surface area contributed by atoms with Crippen molar-refractivity contribution < 1.29 is 39.5 Å². The van der Waals surface area contributed by atoms with Crippen LogP contribution >= 0.6 is 0 Å². The second kappa shape index (κ2) is 5.83. The molecule has 0 amide bonds. The summed E-state index contributed by atoms with van der Waals surface area (Å²) in [6.45, 7) is 5.37. The highest BCUT2D eigenvalue weighted by Crippen LogP contribution is 2.65. The second-order valence-electron chi connectivity index (χ2n) is 6.87. The summed E-state index contributed by atoms with van der Waals surface area (Å²) in [5.41, 5.74) is -5.50. The highest BCUT2D eigenvalue weighted by Gasteiger charge is 2.66. The third-order valence-corrected chi connectivity index (χ3v) is 5.45. The van der Waals surface area contributed by atoms with Crippen molar-refractivity contribution in [1.29, 1.82) is 0 Å². The molecule has 1 aliphatic rings. The van der Waals surface area contributed by atoms with E-state index in [1.54, 1.807) is 13.8 Å².